The first-order chi connectivity index (χ1) is 15.1. The molecule has 2 atom stereocenters. The molecule has 31 heavy (non-hydrogen) atoms. The van der Waals surface area contributed by atoms with Gasteiger partial charge in [-0.05, 0) is 85.0 Å². The Morgan fingerprint density at radius 3 is 2.26 bits per heavy atom. The molecule has 1 fully saturated rings. The van der Waals surface area contributed by atoms with Gasteiger partial charge in [-0.3, -0.25) is 4.98 Å². The molecule has 3 heterocycles. The molecule has 0 saturated carbocycles. The Kier molecular flexibility index (Phi) is 5.40. The zero-order valence-corrected chi connectivity index (χ0v) is 18.5. The van der Waals surface area contributed by atoms with Crippen LogP contribution in [0.5, 0.6) is 0 Å². The molecule has 0 bridgehead atoms. The summed E-state index contributed by atoms with van der Waals surface area (Å²) >= 11 is 17.9. The van der Waals surface area contributed by atoms with Crippen molar-refractivity contribution in [3.63, 3.8) is 0 Å². The third kappa shape index (κ3) is 3.92. The number of anilines is 1. The summed E-state index contributed by atoms with van der Waals surface area (Å²) < 4.78 is 6.33. The van der Waals surface area contributed by atoms with Gasteiger partial charge in [0, 0.05) is 27.5 Å². The minimum absolute atomic E-state index is 0.173. The Morgan fingerprint density at radius 2 is 1.58 bits per heavy atom. The van der Waals surface area contributed by atoms with Gasteiger partial charge in [0.05, 0.1) is 11.7 Å². The maximum atomic E-state index is 6.33. The minimum Gasteiger partial charge on any atom is -0.459 e. The smallest absolute Gasteiger partial charge is 0.174 e. The van der Waals surface area contributed by atoms with E-state index in [0.717, 1.165) is 28.5 Å². The molecule has 4 aromatic rings. The van der Waals surface area contributed by atoms with Gasteiger partial charge in [0.2, 0.25) is 0 Å². The fourth-order valence-corrected chi connectivity index (χ4v) is 4.40. The topological polar surface area (TPSA) is 41.3 Å². The molecule has 0 aliphatic carbocycles. The lowest BCUT2D eigenvalue weighted by Crippen LogP contribution is -2.29. The highest BCUT2D eigenvalue weighted by atomic mass is 35.5. The number of halogens is 2. The molecule has 1 aliphatic heterocycles. The van der Waals surface area contributed by atoms with Gasteiger partial charge < -0.3 is 14.6 Å². The first-order valence-electron chi connectivity index (χ1n) is 9.72. The van der Waals surface area contributed by atoms with Crippen LogP contribution in [-0.2, 0) is 0 Å². The largest absolute Gasteiger partial charge is 0.459 e. The molecule has 1 aliphatic rings. The maximum absolute atomic E-state index is 6.33. The number of thiocarbonyl (C=S) groups is 1. The van der Waals surface area contributed by atoms with E-state index in [9.17, 15) is 0 Å². The molecule has 0 amide bonds. The quantitative estimate of drug-likeness (QED) is 0.334. The van der Waals surface area contributed by atoms with Gasteiger partial charge in [0.1, 0.15) is 17.6 Å². The monoisotopic (exact) mass is 465 g/mol. The first-order valence-corrected chi connectivity index (χ1v) is 10.9. The highest BCUT2D eigenvalue weighted by Gasteiger charge is 2.42. The van der Waals surface area contributed by atoms with Crippen molar-refractivity contribution < 1.29 is 4.42 Å². The number of rotatable bonds is 4. The Morgan fingerprint density at radius 1 is 0.871 bits per heavy atom. The fourth-order valence-electron chi connectivity index (χ4n) is 3.80. The fraction of sp³-hybridized carbons (Fsp3) is 0.0833. The first kappa shape index (κ1) is 20.1. The van der Waals surface area contributed by atoms with Crippen LogP contribution < -0.4 is 10.2 Å². The molecule has 0 spiro atoms. The summed E-state index contributed by atoms with van der Waals surface area (Å²) in [6.07, 6.45) is 1.78. The van der Waals surface area contributed by atoms with E-state index in [4.69, 9.17) is 39.8 Å². The summed E-state index contributed by atoms with van der Waals surface area (Å²) in [5, 5.41) is 5.38. The van der Waals surface area contributed by atoms with Gasteiger partial charge in [0.25, 0.3) is 0 Å². The maximum Gasteiger partial charge on any atom is 0.174 e. The van der Waals surface area contributed by atoms with E-state index in [1.54, 1.807) is 6.20 Å². The molecule has 2 aromatic heterocycles. The number of benzene rings is 2. The summed E-state index contributed by atoms with van der Waals surface area (Å²) in [6, 6.07) is 24.6. The molecule has 4 nitrogen and oxygen atoms in total. The second-order valence-corrected chi connectivity index (χ2v) is 8.44. The van der Waals surface area contributed by atoms with Crippen molar-refractivity contribution in [3.8, 4) is 11.3 Å². The van der Waals surface area contributed by atoms with Gasteiger partial charge in [-0.25, -0.2) is 0 Å². The summed E-state index contributed by atoms with van der Waals surface area (Å²) in [4.78, 5) is 6.61. The Labute approximate surface area is 195 Å². The highest BCUT2D eigenvalue weighted by molar-refractivity contribution is 7.80. The van der Waals surface area contributed by atoms with Gasteiger partial charge in [-0.15, -0.1) is 0 Å². The van der Waals surface area contributed by atoms with E-state index >= 15 is 0 Å². The molecule has 1 saturated heterocycles. The van der Waals surface area contributed by atoms with Gasteiger partial charge in [-0.2, -0.15) is 0 Å². The zero-order chi connectivity index (χ0) is 21.4. The zero-order valence-electron chi connectivity index (χ0n) is 16.2. The molecular weight excluding hydrogens is 449 g/mol. The molecule has 5 rings (SSSR count). The Bertz CT molecular complexity index is 1210. The molecule has 154 valence electrons. The van der Waals surface area contributed by atoms with Gasteiger partial charge in [-0.1, -0.05) is 29.3 Å². The number of hydrogen-bond donors (Lipinski definition) is 1. The average Bonchev–Trinajstić information content (AvgIpc) is 3.40. The van der Waals surface area contributed by atoms with Crippen molar-refractivity contribution in [1.82, 2.24) is 10.3 Å². The van der Waals surface area contributed by atoms with Crippen molar-refractivity contribution in [2.45, 2.75) is 12.1 Å². The Hall–Kier alpha value is -2.86. The van der Waals surface area contributed by atoms with Crippen LogP contribution in [0.2, 0.25) is 10.0 Å². The number of pyridine rings is 1. The summed E-state index contributed by atoms with van der Waals surface area (Å²) in [6.45, 7) is 0. The SMILES string of the molecule is S=C1N[C@@H](c2ccccn2)[C@@H](c2ccc(-c3ccc(Cl)cc3)o2)N1c1ccc(Cl)cc1. The van der Waals surface area contributed by atoms with Crippen LogP contribution in [0.3, 0.4) is 0 Å². The molecule has 7 heteroatoms. The van der Waals surface area contributed by atoms with Gasteiger partial charge >= 0.3 is 0 Å². The lowest BCUT2D eigenvalue weighted by Gasteiger charge is -2.26. The predicted molar refractivity (Wildman–Crippen MR) is 129 cm³/mol. The number of furan rings is 1. The average molecular weight is 466 g/mol. The number of hydrogen-bond acceptors (Lipinski definition) is 3. The number of nitrogens with zero attached hydrogens (tertiary/aromatic N) is 2. The molecule has 0 radical (unpaired) electrons. The minimum atomic E-state index is -0.218. The molecule has 0 unspecified atom stereocenters. The van der Waals surface area contributed by atoms with E-state index in [-0.39, 0.29) is 12.1 Å². The predicted octanol–water partition coefficient (Wildman–Crippen LogP) is 6.83. The third-order valence-electron chi connectivity index (χ3n) is 5.25. The van der Waals surface area contributed by atoms with E-state index in [2.05, 4.69) is 15.2 Å². The van der Waals surface area contributed by atoms with Crippen LogP contribution in [0.1, 0.15) is 23.5 Å². The molecule has 1 N–H and O–H groups in total. The number of aromatic nitrogens is 1. The van der Waals surface area contributed by atoms with Crippen LogP contribution in [0.4, 0.5) is 5.69 Å². The van der Waals surface area contributed by atoms with Crippen molar-refractivity contribution in [2.24, 2.45) is 0 Å². The van der Waals surface area contributed by atoms with Crippen LogP contribution in [0.15, 0.2) is 89.5 Å². The molecule has 2 aromatic carbocycles. The van der Waals surface area contributed by atoms with E-state index in [0.29, 0.717) is 15.2 Å². The van der Waals surface area contributed by atoms with Crippen molar-refractivity contribution in [3.05, 3.63) is 107 Å². The summed E-state index contributed by atoms with van der Waals surface area (Å²) in [7, 11) is 0. The van der Waals surface area contributed by atoms with E-state index in [1.165, 1.54) is 0 Å². The van der Waals surface area contributed by atoms with Crippen LogP contribution in [0.25, 0.3) is 11.3 Å². The van der Waals surface area contributed by atoms with Crippen LogP contribution in [0, 0.1) is 0 Å². The highest BCUT2D eigenvalue weighted by Crippen LogP contribution is 2.43. The molecular formula is C24H17Cl2N3OS. The standard InChI is InChI=1S/C24H17Cl2N3OS/c25-16-6-4-15(5-7-16)20-12-13-21(30-20)23-22(19-3-1-2-14-27-19)28-24(31)29(23)18-10-8-17(26)9-11-18/h1-14,22-23H,(H,28,31)/t22-,23+/m0/s1. The normalized spacial score (nSPS) is 18.3. The van der Waals surface area contributed by atoms with Crippen molar-refractivity contribution in [2.75, 3.05) is 4.90 Å². The summed E-state index contributed by atoms with van der Waals surface area (Å²) in [5.74, 6) is 1.54. The van der Waals surface area contributed by atoms with Crippen molar-refractivity contribution in [1.29, 1.82) is 0 Å². The Balaban J connectivity index is 1.59. The van der Waals surface area contributed by atoms with Crippen LogP contribution in [-0.4, -0.2) is 10.1 Å². The van der Waals surface area contributed by atoms with E-state index < -0.39 is 0 Å². The van der Waals surface area contributed by atoms with Crippen molar-refractivity contribution >= 4 is 46.2 Å². The van der Waals surface area contributed by atoms with Crippen LogP contribution >= 0.6 is 35.4 Å². The third-order valence-corrected chi connectivity index (χ3v) is 6.07. The number of nitrogens with one attached hydrogen (secondary N) is 1. The second-order valence-electron chi connectivity index (χ2n) is 7.18. The lowest BCUT2D eigenvalue weighted by molar-refractivity contribution is 0.439. The van der Waals surface area contributed by atoms with E-state index in [1.807, 2.05) is 78.9 Å². The second kappa shape index (κ2) is 8.35. The summed E-state index contributed by atoms with van der Waals surface area (Å²) in [5.41, 5.74) is 2.77. The van der Waals surface area contributed by atoms with Gasteiger partial charge in [0.15, 0.2) is 5.11 Å². The lowest BCUT2D eigenvalue weighted by atomic mass is 10.0.